The summed E-state index contributed by atoms with van der Waals surface area (Å²) in [5.41, 5.74) is 2.48. The van der Waals surface area contributed by atoms with Crippen LogP contribution in [-0.4, -0.2) is 5.78 Å². The number of halogens is 1. The molecule has 0 unspecified atom stereocenters. The minimum atomic E-state index is -0.0581. The molecular weight excluding hydrogens is 184 g/mol. The average molecular weight is 195 g/mol. The molecular formula is C11H11ClO. The van der Waals surface area contributed by atoms with E-state index in [1.807, 2.05) is 13.8 Å². The zero-order chi connectivity index (χ0) is 10.0. The van der Waals surface area contributed by atoms with E-state index in [0.29, 0.717) is 10.6 Å². The van der Waals surface area contributed by atoms with Crippen molar-refractivity contribution in [2.45, 2.75) is 13.8 Å². The molecule has 1 rings (SSSR count). The van der Waals surface area contributed by atoms with Crippen molar-refractivity contribution in [3.05, 3.63) is 46.5 Å². The summed E-state index contributed by atoms with van der Waals surface area (Å²) in [4.78, 5) is 11.3. The van der Waals surface area contributed by atoms with Gasteiger partial charge in [-0.05, 0) is 43.2 Å². The van der Waals surface area contributed by atoms with Crippen LogP contribution in [0.3, 0.4) is 0 Å². The summed E-state index contributed by atoms with van der Waals surface area (Å²) < 4.78 is 0. The van der Waals surface area contributed by atoms with E-state index in [2.05, 4.69) is 6.58 Å². The van der Waals surface area contributed by atoms with E-state index < -0.39 is 0 Å². The molecule has 0 aromatic heterocycles. The Morgan fingerprint density at radius 2 is 2.00 bits per heavy atom. The third kappa shape index (κ3) is 1.99. The second kappa shape index (κ2) is 3.75. The van der Waals surface area contributed by atoms with Crippen molar-refractivity contribution in [3.8, 4) is 0 Å². The Balaban J connectivity index is 3.31. The van der Waals surface area contributed by atoms with Gasteiger partial charge in [0.15, 0.2) is 5.78 Å². The first-order valence-corrected chi connectivity index (χ1v) is 4.37. The van der Waals surface area contributed by atoms with Crippen molar-refractivity contribution >= 4 is 17.4 Å². The lowest BCUT2D eigenvalue weighted by molar-refractivity contribution is 0.104. The smallest absolute Gasteiger partial charge is 0.185 e. The minimum absolute atomic E-state index is 0.0581. The predicted octanol–water partition coefficient (Wildman–Crippen LogP) is 3.33. The normalized spacial score (nSPS) is 9.77. The molecule has 0 aliphatic carbocycles. The van der Waals surface area contributed by atoms with Crippen LogP contribution in [-0.2, 0) is 0 Å². The summed E-state index contributed by atoms with van der Waals surface area (Å²) in [7, 11) is 0. The number of ketones is 1. The van der Waals surface area contributed by atoms with Crippen LogP contribution in [0, 0.1) is 13.8 Å². The van der Waals surface area contributed by atoms with Gasteiger partial charge in [0.25, 0.3) is 0 Å². The van der Waals surface area contributed by atoms with Gasteiger partial charge in [-0.3, -0.25) is 4.79 Å². The third-order valence-electron chi connectivity index (χ3n) is 1.96. The fraction of sp³-hybridized carbons (Fsp3) is 0.182. The lowest BCUT2D eigenvalue weighted by Gasteiger charge is -2.05. The van der Waals surface area contributed by atoms with Crippen LogP contribution in [0.15, 0.2) is 24.8 Å². The second-order valence-corrected chi connectivity index (χ2v) is 3.39. The Kier molecular flexibility index (Phi) is 2.89. The van der Waals surface area contributed by atoms with E-state index >= 15 is 0 Å². The number of hydrogen-bond acceptors (Lipinski definition) is 1. The molecule has 1 aromatic carbocycles. The van der Waals surface area contributed by atoms with Crippen LogP contribution in [0.1, 0.15) is 21.5 Å². The van der Waals surface area contributed by atoms with Crippen molar-refractivity contribution in [1.29, 1.82) is 0 Å². The van der Waals surface area contributed by atoms with Gasteiger partial charge in [0.05, 0.1) is 0 Å². The molecule has 0 heterocycles. The highest BCUT2D eigenvalue weighted by Gasteiger charge is 2.07. The van der Waals surface area contributed by atoms with Crippen molar-refractivity contribution in [3.63, 3.8) is 0 Å². The maximum atomic E-state index is 11.3. The van der Waals surface area contributed by atoms with Gasteiger partial charge in [-0.15, -0.1) is 0 Å². The molecule has 0 radical (unpaired) electrons. The first kappa shape index (κ1) is 10.0. The van der Waals surface area contributed by atoms with Crippen molar-refractivity contribution in [2.75, 3.05) is 0 Å². The summed E-state index contributed by atoms with van der Waals surface area (Å²) in [6, 6.07) is 3.59. The molecule has 68 valence electrons. The van der Waals surface area contributed by atoms with Crippen LogP contribution >= 0.6 is 11.6 Å². The van der Waals surface area contributed by atoms with Gasteiger partial charge in [0.1, 0.15) is 0 Å². The molecule has 0 saturated carbocycles. The van der Waals surface area contributed by atoms with Gasteiger partial charge in [-0.2, -0.15) is 0 Å². The van der Waals surface area contributed by atoms with Gasteiger partial charge >= 0.3 is 0 Å². The third-order valence-corrected chi connectivity index (χ3v) is 2.36. The van der Waals surface area contributed by atoms with E-state index in [-0.39, 0.29) is 5.78 Å². The number of benzene rings is 1. The highest BCUT2D eigenvalue weighted by molar-refractivity contribution is 6.31. The molecule has 1 aromatic rings. The molecule has 0 amide bonds. The summed E-state index contributed by atoms with van der Waals surface area (Å²) >= 11 is 5.90. The topological polar surface area (TPSA) is 17.1 Å². The van der Waals surface area contributed by atoms with Gasteiger partial charge in [0.2, 0.25) is 0 Å². The molecule has 0 N–H and O–H groups in total. The SMILES string of the molecule is C=CC(=O)c1cc(C)c(Cl)cc1C. The Morgan fingerprint density at radius 1 is 1.38 bits per heavy atom. The number of rotatable bonds is 2. The van der Waals surface area contributed by atoms with Crippen molar-refractivity contribution in [1.82, 2.24) is 0 Å². The quantitative estimate of drug-likeness (QED) is 0.522. The molecule has 0 atom stereocenters. The first-order chi connectivity index (χ1) is 6.06. The highest BCUT2D eigenvalue weighted by Crippen LogP contribution is 2.20. The Labute approximate surface area is 83.0 Å². The predicted molar refractivity (Wildman–Crippen MR) is 55.5 cm³/mol. The Hall–Kier alpha value is -1.08. The van der Waals surface area contributed by atoms with Gasteiger partial charge < -0.3 is 0 Å². The molecule has 0 aliphatic heterocycles. The molecule has 0 bridgehead atoms. The number of aryl methyl sites for hydroxylation is 2. The van der Waals surface area contributed by atoms with Crippen LogP contribution < -0.4 is 0 Å². The monoisotopic (exact) mass is 194 g/mol. The highest BCUT2D eigenvalue weighted by atomic mass is 35.5. The van der Waals surface area contributed by atoms with E-state index in [1.54, 1.807) is 12.1 Å². The second-order valence-electron chi connectivity index (χ2n) is 2.98. The first-order valence-electron chi connectivity index (χ1n) is 3.99. The number of allylic oxidation sites excluding steroid dienone is 1. The summed E-state index contributed by atoms with van der Waals surface area (Å²) in [6.07, 6.45) is 1.32. The zero-order valence-electron chi connectivity index (χ0n) is 7.73. The summed E-state index contributed by atoms with van der Waals surface area (Å²) in [5, 5.41) is 0.693. The van der Waals surface area contributed by atoms with Crippen LogP contribution in [0.4, 0.5) is 0 Å². The Morgan fingerprint density at radius 3 is 2.54 bits per heavy atom. The molecule has 0 spiro atoms. The standard InChI is InChI=1S/C11H11ClO/c1-4-11(13)9-5-8(3)10(12)6-7(9)2/h4-6H,1H2,2-3H3. The number of hydrogen-bond donors (Lipinski definition) is 0. The fourth-order valence-corrected chi connectivity index (χ4v) is 1.37. The van der Waals surface area contributed by atoms with Crippen molar-refractivity contribution < 1.29 is 4.79 Å². The van der Waals surface area contributed by atoms with Crippen LogP contribution in [0.25, 0.3) is 0 Å². The molecule has 0 saturated heterocycles. The maximum absolute atomic E-state index is 11.3. The Bertz CT molecular complexity index is 367. The lowest BCUT2D eigenvalue weighted by atomic mass is 10.0. The zero-order valence-corrected chi connectivity index (χ0v) is 8.48. The van der Waals surface area contributed by atoms with Gasteiger partial charge in [0, 0.05) is 10.6 Å². The number of carbonyl (C=O) groups is 1. The van der Waals surface area contributed by atoms with Crippen LogP contribution in [0.2, 0.25) is 5.02 Å². The summed E-state index contributed by atoms with van der Waals surface area (Å²) in [6.45, 7) is 7.19. The van der Waals surface area contributed by atoms with Crippen molar-refractivity contribution in [2.24, 2.45) is 0 Å². The van der Waals surface area contributed by atoms with Gasteiger partial charge in [-0.1, -0.05) is 18.2 Å². The fourth-order valence-electron chi connectivity index (χ4n) is 1.16. The summed E-state index contributed by atoms with van der Waals surface area (Å²) in [5.74, 6) is -0.0581. The molecule has 1 nitrogen and oxygen atoms in total. The molecule has 0 fully saturated rings. The van der Waals surface area contributed by atoms with E-state index in [9.17, 15) is 4.79 Å². The van der Waals surface area contributed by atoms with E-state index in [0.717, 1.165) is 11.1 Å². The maximum Gasteiger partial charge on any atom is 0.185 e. The molecule has 2 heteroatoms. The number of carbonyl (C=O) groups excluding carboxylic acids is 1. The van der Waals surface area contributed by atoms with E-state index in [1.165, 1.54) is 6.08 Å². The van der Waals surface area contributed by atoms with E-state index in [4.69, 9.17) is 11.6 Å². The van der Waals surface area contributed by atoms with Crippen LogP contribution in [0.5, 0.6) is 0 Å². The largest absolute Gasteiger partial charge is 0.289 e. The molecule has 13 heavy (non-hydrogen) atoms. The molecule has 0 aliphatic rings. The lowest BCUT2D eigenvalue weighted by Crippen LogP contribution is -1.98. The average Bonchev–Trinajstić information content (AvgIpc) is 2.10. The minimum Gasteiger partial charge on any atom is -0.289 e. The van der Waals surface area contributed by atoms with Gasteiger partial charge in [-0.25, -0.2) is 0 Å².